The van der Waals surface area contributed by atoms with Gasteiger partial charge in [0.15, 0.2) is 0 Å². The zero-order valence-electron chi connectivity index (χ0n) is 18.3. The molecule has 2 N–H and O–H groups in total. The molecule has 3 amide bonds. The van der Waals surface area contributed by atoms with Gasteiger partial charge in [-0.05, 0) is 47.9 Å². The standard InChI is InChI=1S/C24H29N5O2/c1-24(2,3)16-22(30)29-13-11-28(12-14-29)21-9-7-19(8-10-21)26-23(31)27-20-6-4-5-18(15-20)17-25/h4-10,15H,11-14,16H2,1-3H3,(H2,26,27,31). The lowest BCUT2D eigenvalue weighted by molar-refractivity contribution is -0.133. The van der Waals surface area contributed by atoms with Crippen molar-refractivity contribution in [3.63, 3.8) is 0 Å². The van der Waals surface area contributed by atoms with E-state index in [-0.39, 0.29) is 17.4 Å². The van der Waals surface area contributed by atoms with Gasteiger partial charge in [-0.25, -0.2) is 4.79 Å². The van der Waals surface area contributed by atoms with E-state index in [0.717, 1.165) is 31.9 Å². The van der Waals surface area contributed by atoms with Gasteiger partial charge >= 0.3 is 6.03 Å². The Bertz CT molecular complexity index is 965. The number of hydrogen-bond acceptors (Lipinski definition) is 4. The molecule has 0 aromatic heterocycles. The summed E-state index contributed by atoms with van der Waals surface area (Å²) in [5.74, 6) is 0.220. The van der Waals surface area contributed by atoms with Gasteiger partial charge < -0.3 is 20.4 Å². The third kappa shape index (κ3) is 6.48. The fourth-order valence-corrected chi connectivity index (χ4v) is 3.50. The molecule has 0 unspecified atom stereocenters. The fourth-order valence-electron chi connectivity index (χ4n) is 3.50. The van der Waals surface area contributed by atoms with Gasteiger partial charge in [0.05, 0.1) is 11.6 Å². The van der Waals surface area contributed by atoms with Gasteiger partial charge in [0.1, 0.15) is 0 Å². The predicted molar refractivity (Wildman–Crippen MR) is 123 cm³/mol. The Hall–Kier alpha value is -3.53. The van der Waals surface area contributed by atoms with Crippen molar-refractivity contribution in [2.24, 2.45) is 5.41 Å². The number of amides is 3. The number of anilines is 3. The van der Waals surface area contributed by atoms with Crippen molar-refractivity contribution < 1.29 is 9.59 Å². The topological polar surface area (TPSA) is 88.5 Å². The first kappa shape index (κ1) is 22.2. The molecule has 2 aromatic rings. The summed E-state index contributed by atoms with van der Waals surface area (Å²) in [6, 6.07) is 16.1. The molecule has 1 fully saturated rings. The first-order valence-corrected chi connectivity index (χ1v) is 10.4. The van der Waals surface area contributed by atoms with E-state index in [1.807, 2.05) is 35.2 Å². The molecular formula is C24H29N5O2. The molecule has 1 aliphatic rings. The number of carbonyl (C=O) groups is 2. The van der Waals surface area contributed by atoms with E-state index in [9.17, 15) is 9.59 Å². The lowest BCUT2D eigenvalue weighted by Crippen LogP contribution is -2.49. The minimum absolute atomic E-state index is 0.00185. The number of piperazine rings is 1. The van der Waals surface area contributed by atoms with E-state index in [1.54, 1.807) is 24.3 Å². The molecule has 3 rings (SSSR count). The minimum Gasteiger partial charge on any atom is -0.368 e. The highest BCUT2D eigenvalue weighted by molar-refractivity contribution is 5.99. The molecule has 0 spiro atoms. The van der Waals surface area contributed by atoms with Gasteiger partial charge in [-0.15, -0.1) is 0 Å². The third-order valence-corrected chi connectivity index (χ3v) is 5.05. The van der Waals surface area contributed by atoms with Crippen molar-refractivity contribution in [3.8, 4) is 6.07 Å². The quantitative estimate of drug-likeness (QED) is 0.774. The van der Waals surface area contributed by atoms with Gasteiger partial charge in [0.25, 0.3) is 0 Å². The van der Waals surface area contributed by atoms with E-state index in [0.29, 0.717) is 23.4 Å². The summed E-state index contributed by atoms with van der Waals surface area (Å²) in [6.07, 6.45) is 0.566. The number of urea groups is 1. The Kier molecular flexibility index (Phi) is 6.81. The molecule has 7 nitrogen and oxygen atoms in total. The molecular weight excluding hydrogens is 390 g/mol. The molecule has 7 heteroatoms. The lowest BCUT2D eigenvalue weighted by atomic mass is 9.91. The maximum atomic E-state index is 12.4. The maximum absolute atomic E-state index is 12.4. The predicted octanol–water partition coefficient (Wildman–Crippen LogP) is 4.29. The molecule has 162 valence electrons. The average molecular weight is 420 g/mol. The molecule has 1 aliphatic heterocycles. The minimum atomic E-state index is -0.367. The largest absolute Gasteiger partial charge is 0.368 e. The Morgan fingerprint density at radius 2 is 1.61 bits per heavy atom. The molecule has 1 heterocycles. The summed E-state index contributed by atoms with van der Waals surface area (Å²) in [6.45, 7) is 9.27. The van der Waals surface area contributed by atoms with Crippen molar-refractivity contribution in [2.45, 2.75) is 27.2 Å². The molecule has 0 bridgehead atoms. The van der Waals surface area contributed by atoms with Crippen LogP contribution in [-0.2, 0) is 4.79 Å². The molecule has 31 heavy (non-hydrogen) atoms. The Labute approximate surface area is 183 Å². The fraction of sp³-hybridized carbons (Fsp3) is 0.375. The summed E-state index contributed by atoms with van der Waals surface area (Å²) < 4.78 is 0. The monoisotopic (exact) mass is 419 g/mol. The van der Waals surface area contributed by atoms with Crippen LogP contribution in [0.3, 0.4) is 0 Å². The van der Waals surface area contributed by atoms with Crippen molar-refractivity contribution in [1.82, 2.24) is 4.90 Å². The second kappa shape index (κ2) is 9.52. The van der Waals surface area contributed by atoms with E-state index < -0.39 is 0 Å². The van der Waals surface area contributed by atoms with E-state index in [2.05, 4.69) is 36.3 Å². The lowest BCUT2D eigenvalue weighted by Gasteiger charge is -2.37. The second-order valence-electron chi connectivity index (χ2n) is 8.92. The van der Waals surface area contributed by atoms with Gasteiger partial charge in [0.2, 0.25) is 5.91 Å². The van der Waals surface area contributed by atoms with Crippen LogP contribution in [0.4, 0.5) is 21.9 Å². The highest BCUT2D eigenvalue weighted by Crippen LogP contribution is 2.23. The first-order chi connectivity index (χ1) is 14.7. The Morgan fingerprint density at radius 1 is 0.968 bits per heavy atom. The zero-order valence-corrected chi connectivity index (χ0v) is 18.3. The van der Waals surface area contributed by atoms with Gasteiger partial charge in [-0.2, -0.15) is 5.26 Å². The number of nitrogens with one attached hydrogen (secondary N) is 2. The number of rotatable bonds is 4. The van der Waals surface area contributed by atoms with Crippen LogP contribution in [0.1, 0.15) is 32.8 Å². The summed E-state index contributed by atoms with van der Waals surface area (Å²) in [5, 5.41) is 14.5. The Morgan fingerprint density at radius 3 is 2.23 bits per heavy atom. The smallest absolute Gasteiger partial charge is 0.323 e. The van der Waals surface area contributed by atoms with Crippen LogP contribution in [0.15, 0.2) is 48.5 Å². The molecule has 0 radical (unpaired) electrons. The first-order valence-electron chi connectivity index (χ1n) is 10.4. The summed E-state index contributed by atoms with van der Waals surface area (Å²) >= 11 is 0. The van der Waals surface area contributed by atoms with Crippen LogP contribution in [0.2, 0.25) is 0 Å². The summed E-state index contributed by atoms with van der Waals surface area (Å²) in [4.78, 5) is 28.8. The SMILES string of the molecule is CC(C)(C)CC(=O)N1CCN(c2ccc(NC(=O)Nc3cccc(C#N)c3)cc2)CC1. The number of benzene rings is 2. The molecule has 0 aliphatic carbocycles. The van der Waals surface area contributed by atoms with Crippen molar-refractivity contribution in [3.05, 3.63) is 54.1 Å². The highest BCUT2D eigenvalue weighted by atomic mass is 16.2. The van der Waals surface area contributed by atoms with E-state index in [4.69, 9.17) is 5.26 Å². The van der Waals surface area contributed by atoms with E-state index in [1.165, 1.54) is 0 Å². The normalized spacial score (nSPS) is 14.0. The van der Waals surface area contributed by atoms with Crippen molar-refractivity contribution in [2.75, 3.05) is 41.7 Å². The number of nitriles is 1. The zero-order chi connectivity index (χ0) is 22.4. The van der Waals surface area contributed by atoms with Gasteiger partial charge in [-0.1, -0.05) is 26.8 Å². The van der Waals surface area contributed by atoms with Crippen LogP contribution in [0, 0.1) is 16.7 Å². The Balaban J connectivity index is 1.51. The summed E-state index contributed by atoms with van der Waals surface area (Å²) in [5.41, 5.74) is 2.80. The number of nitrogens with zero attached hydrogens (tertiary/aromatic N) is 3. The van der Waals surface area contributed by atoms with E-state index >= 15 is 0 Å². The second-order valence-corrected chi connectivity index (χ2v) is 8.92. The van der Waals surface area contributed by atoms with Crippen LogP contribution in [-0.4, -0.2) is 43.0 Å². The van der Waals surface area contributed by atoms with Crippen LogP contribution >= 0.6 is 0 Å². The van der Waals surface area contributed by atoms with Crippen LogP contribution in [0.5, 0.6) is 0 Å². The maximum Gasteiger partial charge on any atom is 0.323 e. The van der Waals surface area contributed by atoms with Gasteiger partial charge in [0, 0.05) is 49.7 Å². The van der Waals surface area contributed by atoms with Crippen LogP contribution < -0.4 is 15.5 Å². The highest BCUT2D eigenvalue weighted by Gasteiger charge is 2.24. The van der Waals surface area contributed by atoms with Crippen molar-refractivity contribution >= 4 is 29.0 Å². The molecule has 0 atom stereocenters. The van der Waals surface area contributed by atoms with Gasteiger partial charge in [-0.3, -0.25) is 4.79 Å². The van der Waals surface area contributed by atoms with Crippen LogP contribution in [0.25, 0.3) is 0 Å². The number of hydrogen-bond donors (Lipinski definition) is 2. The third-order valence-electron chi connectivity index (χ3n) is 5.05. The average Bonchev–Trinajstić information content (AvgIpc) is 2.73. The molecule has 0 saturated carbocycles. The number of carbonyl (C=O) groups excluding carboxylic acids is 2. The molecule has 1 saturated heterocycles. The molecule has 2 aromatic carbocycles. The van der Waals surface area contributed by atoms with Crippen molar-refractivity contribution in [1.29, 1.82) is 5.26 Å². The summed E-state index contributed by atoms with van der Waals surface area (Å²) in [7, 11) is 0.